The minimum Gasteiger partial charge on any atom is -0.457 e. The number of benzene rings is 4. The van der Waals surface area contributed by atoms with Gasteiger partial charge in [0.25, 0.3) is 0 Å². The van der Waals surface area contributed by atoms with Crippen molar-refractivity contribution in [3.63, 3.8) is 0 Å². The van der Waals surface area contributed by atoms with E-state index in [1.165, 1.54) is 32.1 Å². The quantitative estimate of drug-likeness (QED) is 0.170. The van der Waals surface area contributed by atoms with Gasteiger partial charge in [0.1, 0.15) is 11.5 Å². The van der Waals surface area contributed by atoms with Crippen LogP contribution in [0.15, 0.2) is 103 Å². The minimum absolute atomic E-state index is 0.0104. The zero-order valence-corrected chi connectivity index (χ0v) is 27.0. The number of rotatable bonds is 9. The van der Waals surface area contributed by atoms with Gasteiger partial charge in [0.05, 0.1) is 18.8 Å². The van der Waals surface area contributed by atoms with Crippen LogP contribution < -0.4 is 15.4 Å². The molecular weight excluding hydrogens is 590 g/mol. The molecule has 8 heteroatoms. The third-order valence-corrected chi connectivity index (χ3v) is 9.04. The first-order valence-electron chi connectivity index (χ1n) is 16.8. The Morgan fingerprint density at radius 2 is 1.32 bits per heavy atom. The van der Waals surface area contributed by atoms with Crippen LogP contribution in [0.2, 0.25) is 0 Å². The van der Waals surface area contributed by atoms with Crippen LogP contribution in [-0.4, -0.2) is 41.8 Å². The highest BCUT2D eigenvalue weighted by Gasteiger charge is 2.39. The smallest absolute Gasteiger partial charge is 0.323 e. The molecule has 0 radical (unpaired) electrons. The Bertz CT molecular complexity index is 1540. The summed E-state index contributed by atoms with van der Waals surface area (Å²) in [4.78, 5) is 15.3. The number of hydrogen-bond donors (Lipinski definition) is 3. The number of nitrogens with one attached hydrogen (secondary N) is 2. The van der Waals surface area contributed by atoms with Crippen molar-refractivity contribution < 1.29 is 24.1 Å². The number of amides is 2. The summed E-state index contributed by atoms with van der Waals surface area (Å²) in [5.74, 6) is 1.58. The lowest BCUT2D eigenvalue weighted by Gasteiger charge is -2.43. The number of hydrogen-bond acceptors (Lipinski definition) is 6. The van der Waals surface area contributed by atoms with Gasteiger partial charge in [-0.2, -0.15) is 0 Å². The largest absolute Gasteiger partial charge is 0.457 e. The molecule has 4 atom stereocenters. The number of carbonyl (C=O) groups excluding carboxylic acids is 1. The molecule has 246 valence electrons. The lowest BCUT2D eigenvalue weighted by atomic mass is 9.89. The van der Waals surface area contributed by atoms with Gasteiger partial charge < -0.3 is 34.9 Å². The van der Waals surface area contributed by atoms with Gasteiger partial charge in [-0.1, -0.05) is 80.8 Å². The van der Waals surface area contributed by atoms with Crippen molar-refractivity contribution in [1.29, 1.82) is 0 Å². The van der Waals surface area contributed by atoms with E-state index in [-0.39, 0.29) is 30.8 Å². The molecule has 3 N–H and O–H groups in total. The van der Waals surface area contributed by atoms with Crippen LogP contribution in [0.5, 0.6) is 11.5 Å². The normalized spacial score (nSPS) is 22.1. The topological polar surface area (TPSA) is 92.3 Å². The molecule has 0 bridgehead atoms. The predicted octanol–water partition coefficient (Wildman–Crippen LogP) is 8.67. The van der Waals surface area contributed by atoms with E-state index in [1.807, 2.05) is 78.9 Å². The molecule has 0 saturated carbocycles. The standard InChI is InChI=1S/C39H45N3O5/c1-28-36(26-42-24-8-3-2-4-9-25-42)46-38(47-37(28)30-14-12-29(27-43)13-15-30)31-16-18-32(19-17-31)40-39(44)41-33-20-22-35(23-21-33)45-34-10-6-5-7-11-34/h5-7,10-23,28,36-38,43H,2-4,8-9,24-27H2,1H3,(H2,40,41,44)/t28-,36+,37+,38+/m0/s1. The highest BCUT2D eigenvalue weighted by atomic mass is 16.7. The number of nitrogens with zero attached hydrogens (tertiary/aromatic N) is 1. The lowest BCUT2D eigenvalue weighted by Crippen LogP contribution is -2.45. The molecular formula is C39H45N3O5. The fourth-order valence-electron chi connectivity index (χ4n) is 6.33. The van der Waals surface area contributed by atoms with E-state index in [2.05, 4.69) is 34.6 Å². The molecule has 2 amide bonds. The molecule has 2 fully saturated rings. The number of para-hydroxylation sites is 1. The molecule has 8 nitrogen and oxygen atoms in total. The van der Waals surface area contributed by atoms with E-state index in [9.17, 15) is 9.90 Å². The number of anilines is 2. The van der Waals surface area contributed by atoms with Crippen molar-refractivity contribution >= 4 is 17.4 Å². The first kappa shape index (κ1) is 32.7. The first-order valence-corrected chi connectivity index (χ1v) is 16.8. The molecule has 4 aromatic rings. The van der Waals surface area contributed by atoms with E-state index in [0.717, 1.165) is 42.1 Å². The average molecular weight is 636 g/mol. The zero-order chi connectivity index (χ0) is 32.4. The highest BCUT2D eigenvalue weighted by Crippen LogP contribution is 2.42. The Balaban J connectivity index is 1.10. The Morgan fingerprint density at radius 1 is 0.745 bits per heavy atom. The lowest BCUT2D eigenvalue weighted by molar-refractivity contribution is -0.276. The molecule has 0 unspecified atom stereocenters. The Hall–Kier alpha value is -4.21. The zero-order valence-electron chi connectivity index (χ0n) is 27.0. The minimum atomic E-state index is -0.548. The van der Waals surface area contributed by atoms with Crippen LogP contribution in [0.25, 0.3) is 0 Å². The third-order valence-electron chi connectivity index (χ3n) is 9.04. The highest BCUT2D eigenvalue weighted by molar-refractivity contribution is 5.99. The van der Waals surface area contributed by atoms with Gasteiger partial charge in [-0.25, -0.2) is 4.79 Å². The maximum absolute atomic E-state index is 12.8. The SMILES string of the molecule is C[C@H]1[C@@H](CN2CCCCCCC2)O[C@@H](c2ccc(NC(=O)Nc3ccc(Oc4ccccc4)cc3)cc2)O[C@H]1c1ccc(CO)cc1. The van der Waals surface area contributed by atoms with Crippen LogP contribution in [0.4, 0.5) is 16.2 Å². The van der Waals surface area contributed by atoms with E-state index in [0.29, 0.717) is 17.1 Å². The number of ether oxygens (including phenoxy) is 3. The second kappa shape index (κ2) is 16.1. The Labute approximate surface area is 277 Å². The van der Waals surface area contributed by atoms with Crippen LogP contribution >= 0.6 is 0 Å². The van der Waals surface area contributed by atoms with Crippen LogP contribution in [0.1, 0.15) is 68.1 Å². The summed E-state index contributed by atoms with van der Waals surface area (Å²) in [5, 5.41) is 15.3. The second-order valence-corrected chi connectivity index (χ2v) is 12.5. The van der Waals surface area contributed by atoms with E-state index < -0.39 is 6.29 Å². The van der Waals surface area contributed by atoms with E-state index >= 15 is 0 Å². The molecule has 2 aliphatic rings. The molecule has 2 heterocycles. The summed E-state index contributed by atoms with van der Waals surface area (Å²) in [5.41, 5.74) is 4.17. The van der Waals surface area contributed by atoms with Gasteiger partial charge >= 0.3 is 6.03 Å². The Kier molecular flexibility index (Phi) is 11.2. The maximum atomic E-state index is 12.8. The fourth-order valence-corrected chi connectivity index (χ4v) is 6.33. The van der Waals surface area contributed by atoms with Gasteiger partial charge in [-0.05, 0) is 85.6 Å². The van der Waals surface area contributed by atoms with E-state index in [4.69, 9.17) is 14.2 Å². The third kappa shape index (κ3) is 8.99. The summed E-state index contributed by atoms with van der Waals surface area (Å²) in [6.45, 7) is 5.29. The molecule has 0 spiro atoms. The van der Waals surface area contributed by atoms with Crippen molar-refractivity contribution in [3.8, 4) is 11.5 Å². The van der Waals surface area contributed by atoms with Gasteiger partial charge in [0.2, 0.25) is 0 Å². The van der Waals surface area contributed by atoms with Crippen molar-refractivity contribution in [2.45, 2.75) is 64.1 Å². The molecule has 2 aliphatic heterocycles. The fraction of sp³-hybridized carbons (Fsp3) is 0.359. The number of carbonyl (C=O) groups is 1. The van der Waals surface area contributed by atoms with Crippen LogP contribution in [0.3, 0.4) is 0 Å². The summed E-state index contributed by atoms with van der Waals surface area (Å²) < 4.78 is 19.2. The summed E-state index contributed by atoms with van der Waals surface area (Å²) in [7, 11) is 0. The number of aliphatic hydroxyl groups is 1. The second-order valence-electron chi connectivity index (χ2n) is 12.5. The Morgan fingerprint density at radius 3 is 1.96 bits per heavy atom. The van der Waals surface area contributed by atoms with Crippen molar-refractivity contribution in [1.82, 2.24) is 4.90 Å². The summed E-state index contributed by atoms with van der Waals surface area (Å²) in [6, 6.07) is 32.1. The first-order chi connectivity index (χ1) is 23.0. The maximum Gasteiger partial charge on any atom is 0.323 e. The van der Waals surface area contributed by atoms with Crippen molar-refractivity contribution in [2.75, 3.05) is 30.3 Å². The predicted molar refractivity (Wildman–Crippen MR) is 185 cm³/mol. The number of aliphatic hydroxyl groups excluding tert-OH is 1. The summed E-state index contributed by atoms with van der Waals surface area (Å²) in [6.07, 6.45) is 5.64. The van der Waals surface area contributed by atoms with Crippen molar-refractivity contribution in [2.24, 2.45) is 5.92 Å². The average Bonchev–Trinajstić information content (AvgIpc) is 3.08. The molecule has 4 aromatic carbocycles. The van der Waals surface area contributed by atoms with Gasteiger partial charge in [0, 0.05) is 29.4 Å². The molecule has 2 saturated heterocycles. The van der Waals surface area contributed by atoms with Gasteiger partial charge in [-0.15, -0.1) is 0 Å². The summed E-state index contributed by atoms with van der Waals surface area (Å²) >= 11 is 0. The molecule has 47 heavy (non-hydrogen) atoms. The van der Waals surface area contributed by atoms with E-state index in [1.54, 1.807) is 12.1 Å². The molecule has 0 aromatic heterocycles. The molecule has 0 aliphatic carbocycles. The van der Waals surface area contributed by atoms with Crippen LogP contribution in [-0.2, 0) is 16.1 Å². The van der Waals surface area contributed by atoms with Gasteiger partial charge in [0.15, 0.2) is 6.29 Å². The number of likely N-dealkylation sites (tertiary alicyclic amines) is 1. The monoisotopic (exact) mass is 635 g/mol. The van der Waals surface area contributed by atoms with Gasteiger partial charge in [-0.3, -0.25) is 0 Å². The number of urea groups is 1. The van der Waals surface area contributed by atoms with Crippen LogP contribution in [0, 0.1) is 5.92 Å². The van der Waals surface area contributed by atoms with Crippen molar-refractivity contribution in [3.05, 3.63) is 120 Å². The molecule has 6 rings (SSSR count).